The maximum atomic E-state index is 11.5. The van der Waals surface area contributed by atoms with E-state index in [1.807, 2.05) is 30.3 Å². The summed E-state index contributed by atoms with van der Waals surface area (Å²) in [4.78, 5) is 16.8. The molecule has 0 aromatic heterocycles. The Hall–Kier alpha value is -2.28. The summed E-state index contributed by atoms with van der Waals surface area (Å²) in [5, 5.41) is 0. The molecule has 1 aromatic rings. The summed E-state index contributed by atoms with van der Waals surface area (Å²) in [6.07, 6.45) is 5.88. The van der Waals surface area contributed by atoms with Gasteiger partial charge in [-0.3, -0.25) is 0 Å². The molecule has 1 aliphatic rings. The zero-order valence-electron chi connectivity index (χ0n) is 9.34. The molecule has 17 heavy (non-hydrogen) atoms. The summed E-state index contributed by atoms with van der Waals surface area (Å²) >= 11 is 0. The van der Waals surface area contributed by atoms with Gasteiger partial charge in [-0.05, 0) is 5.56 Å². The first kappa shape index (κ1) is 11.2. The van der Waals surface area contributed by atoms with Gasteiger partial charge in [-0.15, -0.1) is 6.42 Å². The number of amides is 2. The molecule has 0 spiro atoms. The standard InChI is InChI=1S/C13H13N3O/c1-2-8-16-11(12(14)15-13(16)17)9-10-6-4-3-5-7-10/h1,3-7,11H,8-9H2,(H2,14,15,17). The second-order valence-corrected chi connectivity index (χ2v) is 3.86. The van der Waals surface area contributed by atoms with Crippen LogP contribution < -0.4 is 5.73 Å². The Balaban J connectivity index is 2.17. The van der Waals surface area contributed by atoms with Crippen LogP contribution in [0, 0.1) is 12.3 Å². The Morgan fingerprint density at radius 2 is 2.12 bits per heavy atom. The number of rotatable bonds is 3. The molecule has 0 fully saturated rings. The Labute approximate surface area is 100 Å². The molecular formula is C13H13N3O. The molecule has 1 aromatic carbocycles. The summed E-state index contributed by atoms with van der Waals surface area (Å²) in [5.41, 5.74) is 6.86. The fourth-order valence-electron chi connectivity index (χ4n) is 1.87. The van der Waals surface area contributed by atoms with E-state index in [1.165, 1.54) is 4.90 Å². The lowest BCUT2D eigenvalue weighted by molar-refractivity contribution is 0.213. The van der Waals surface area contributed by atoms with Crippen LogP contribution in [0.25, 0.3) is 0 Å². The number of benzene rings is 1. The highest BCUT2D eigenvalue weighted by Gasteiger charge is 2.32. The van der Waals surface area contributed by atoms with E-state index in [-0.39, 0.29) is 18.6 Å². The van der Waals surface area contributed by atoms with Gasteiger partial charge in [0.2, 0.25) is 0 Å². The number of carbonyl (C=O) groups excluding carboxylic acids is 1. The fraction of sp³-hybridized carbons (Fsp3) is 0.231. The number of carbonyl (C=O) groups is 1. The van der Waals surface area contributed by atoms with Gasteiger partial charge in [-0.25, -0.2) is 4.79 Å². The molecule has 1 aliphatic heterocycles. The Morgan fingerprint density at radius 3 is 2.76 bits per heavy atom. The number of terminal acetylenes is 1. The average molecular weight is 227 g/mol. The van der Waals surface area contributed by atoms with E-state index in [0.29, 0.717) is 12.3 Å². The van der Waals surface area contributed by atoms with Gasteiger partial charge in [-0.1, -0.05) is 36.3 Å². The third kappa shape index (κ3) is 2.28. The minimum atomic E-state index is -0.346. The fourth-order valence-corrected chi connectivity index (χ4v) is 1.87. The largest absolute Gasteiger partial charge is 0.385 e. The monoisotopic (exact) mass is 227 g/mol. The molecule has 1 heterocycles. The van der Waals surface area contributed by atoms with Gasteiger partial charge in [0.25, 0.3) is 0 Å². The predicted octanol–water partition coefficient (Wildman–Crippen LogP) is 1.02. The van der Waals surface area contributed by atoms with E-state index < -0.39 is 0 Å². The molecule has 2 rings (SSSR count). The number of aliphatic imine (C=N–C) groups is 1. The van der Waals surface area contributed by atoms with E-state index in [4.69, 9.17) is 12.2 Å². The van der Waals surface area contributed by atoms with Crippen LogP contribution in [0.5, 0.6) is 0 Å². The average Bonchev–Trinajstić information content (AvgIpc) is 2.58. The van der Waals surface area contributed by atoms with Crippen molar-refractivity contribution in [3.8, 4) is 12.3 Å². The third-order valence-electron chi connectivity index (χ3n) is 2.72. The van der Waals surface area contributed by atoms with Crippen molar-refractivity contribution in [2.75, 3.05) is 6.54 Å². The van der Waals surface area contributed by atoms with Crippen molar-refractivity contribution in [3.63, 3.8) is 0 Å². The molecule has 0 aliphatic carbocycles. The highest BCUT2D eigenvalue weighted by Crippen LogP contribution is 2.15. The van der Waals surface area contributed by atoms with Gasteiger partial charge in [0.15, 0.2) is 0 Å². The number of hydrogen-bond donors (Lipinski definition) is 1. The second kappa shape index (κ2) is 4.71. The summed E-state index contributed by atoms with van der Waals surface area (Å²) in [5.74, 6) is 2.79. The molecule has 0 saturated carbocycles. The van der Waals surface area contributed by atoms with Crippen LogP contribution >= 0.6 is 0 Å². The summed E-state index contributed by atoms with van der Waals surface area (Å²) in [7, 11) is 0. The van der Waals surface area contributed by atoms with Gasteiger partial charge in [0.1, 0.15) is 5.84 Å². The minimum absolute atomic E-state index is 0.221. The van der Waals surface area contributed by atoms with Crippen molar-refractivity contribution >= 4 is 11.9 Å². The maximum absolute atomic E-state index is 11.5. The molecule has 4 heteroatoms. The van der Waals surface area contributed by atoms with Gasteiger partial charge in [-0.2, -0.15) is 4.99 Å². The van der Waals surface area contributed by atoms with Crippen LogP contribution in [0.2, 0.25) is 0 Å². The minimum Gasteiger partial charge on any atom is -0.385 e. The summed E-state index contributed by atoms with van der Waals surface area (Å²) in [6, 6.07) is 9.26. The molecule has 0 bridgehead atoms. The van der Waals surface area contributed by atoms with Crippen molar-refractivity contribution in [2.24, 2.45) is 10.7 Å². The quantitative estimate of drug-likeness (QED) is 0.784. The van der Waals surface area contributed by atoms with E-state index in [9.17, 15) is 4.79 Å². The van der Waals surface area contributed by atoms with E-state index in [1.54, 1.807) is 0 Å². The third-order valence-corrected chi connectivity index (χ3v) is 2.72. The van der Waals surface area contributed by atoms with Crippen molar-refractivity contribution in [1.82, 2.24) is 4.90 Å². The van der Waals surface area contributed by atoms with Crippen LogP contribution in [0.1, 0.15) is 5.56 Å². The number of nitrogens with two attached hydrogens (primary N) is 1. The van der Waals surface area contributed by atoms with Crippen LogP contribution in [0.15, 0.2) is 35.3 Å². The molecule has 2 amide bonds. The first-order valence-electron chi connectivity index (χ1n) is 5.34. The van der Waals surface area contributed by atoms with Gasteiger partial charge >= 0.3 is 6.03 Å². The van der Waals surface area contributed by atoms with Crippen LogP contribution in [0.4, 0.5) is 4.79 Å². The van der Waals surface area contributed by atoms with Crippen molar-refractivity contribution in [2.45, 2.75) is 12.5 Å². The normalized spacial score (nSPS) is 19.0. The lowest BCUT2D eigenvalue weighted by atomic mass is 10.0. The molecular weight excluding hydrogens is 214 g/mol. The topological polar surface area (TPSA) is 58.7 Å². The highest BCUT2D eigenvalue weighted by atomic mass is 16.2. The van der Waals surface area contributed by atoms with Crippen molar-refractivity contribution < 1.29 is 4.79 Å². The molecule has 1 unspecified atom stereocenters. The SMILES string of the molecule is C#CCN1C(=O)N=C(N)C1Cc1ccccc1. The van der Waals surface area contributed by atoms with E-state index >= 15 is 0 Å². The van der Waals surface area contributed by atoms with Crippen LogP contribution in [0.3, 0.4) is 0 Å². The number of urea groups is 1. The Bertz CT molecular complexity index is 487. The molecule has 1 atom stereocenters. The highest BCUT2D eigenvalue weighted by molar-refractivity contribution is 6.03. The molecule has 2 N–H and O–H groups in total. The zero-order valence-corrected chi connectivity index (χ0v) is 9.34. The summed E-state index contributed by atoms with van der Waals surface area (Å²) in [6.45, 7) is 0.237. The van der Waals surface area contributed by atoms with Crippen molar-refractivity contribution in [1.29, 1.82) is 0 Å². The lowest BCUT2D eigenvalue weighted by Crippen LogP contribution is -2.42. The number of nitrogens with zero attached hydrogens (tertiary/aromatic N) is 2. The van der Waals surface area contributed by atoms with Gasteiger partial charge < -0.3 is 10.6 Å². The first-order valence-corrected chi connectivity index (χ1v) is 5.34. The molecule has 86 valence electrons. The van der Waals surface area contributed by atoms with Gasteiger partial charge in [0, 0.05) is 6.42 Å². The van der Waals surface area contributed by atoms with Gasteiger partial charge in [0.05, 0.1) is 12.6 Å². The smallest absolute Gasteiger partial charge is 0.346 e. The second-order valence-electron chi connectivity index (χ2n) is 3.86. The Morgan fingerprint density at radius 1 is 1.41 bits per heavy atom. The zero-order chi connectivity index (χ0) is 12.3. The van der Waals surface area contributed by atoms with Crippen LogP contribution in [-0.2, 0) is 6.42 Å². The van der Waals surface area contributed by atoms with Crippen LogP contribution in [-0.4, -0.2) is 29.4 Å². The lowest BCUT2D eigenvalue weighted by Gasteiger charge is -2.21. The summed E-state index contributed by atoms with van der Waals surface area (Å²) < 4.78 is 0. The van der Waals surface area contributed by atoms with Crippen molar-refractivity contribution in [3.05, 3.63) is 35.9 Å². The first-order chi connectivity index (χ1) is 8.22. The number of amidine groups is 1. The predicted molar refractivity (Wildman–Crippen MR) is 66.5 cm³/mol. The number of hydrogen-bond acceptors (Lipinski definition) is 2. The molecule has 0 radical (unpaired) electrons. The maximum Gasteiger partial charge on any atom is 0.346 e. The molecule has 0 saturated heterocycles. The van der Waals surface area contributed by atoms with E-state index in [2.05, 4.69) is 10.9 Å². The van der Waals surface area contributed by atoms with E-state index in [0.717, 1.165) is 5.56 Å². The molecule has 4 nitrogen and oxygen atoms in total. The Kier molecular flexibility index (Phi) is 3.10.